The zero-order valence-corrected chi connectivity index (χ0v) is 14.0. The first-order chi connectivity index (χ1) is 10.6. The lowest BCUT2D eigenvalue weighted by Gasteiger charge is -2.21. The van der Waals surface area contributed by atoms with E-state index >= 15 is 0 Å². The average Bonchev–Trinajstić information content (AvgIpc) is 2.99. The van der Waals surface area contributed by atoms with Gasteiger partial charge in [-0.1, -0.05) is 24.6 Å². The van der Waals surface area contributed by atoms with Crippen LogP contribution in [0, 0.1) is 5.92 Å². The molecule has 1 aliphatic heterocycles. The summed E-state index contributed by atoms with van der Waals surface area (Å²) in [4.78, 5) is 12.4. The molecule has 6 heteroatoms. The fraction of sp³-hybridized carbons (Fsp3) is 0.562. The van der Waals surface area contributed by atoms with E-state index in [1.807, 2.05) is 32.0 Å². The summed E-state index contributed by atoms with van der Waals surface area (Å²) >= 11 is 6.25. The molecule has 3 atom stereocenters. The average molecular weight is 326 g/mol. The van der Waals surface area contributed by atoms with Gasteiger partial charge in [0.15, 0.2) is 0 Å². The van der Waals surface area contributed by atoms with Crippen LogP contribution in [0.15, 0.2) is 18.2 Å². The molecule has 1 aliphatic rings. The lowest BCUT2D eigenvalue weighted by Crippen LogP contribution is -2.39. The van der Waals surface area contributed by atoms with Gasteiger partial charge in [-0.2, -0.15) is 0 Å². The van der Waals surface area contributed by atoms with Crippen LogP contribution >= 0.6 is 11.6 Å². The molecule has 22 heavy (non-hydrogen) atoms. The number of halogens is 1. The second-order valence-corrected chi connectivity index (χ2v) is 5.96. The van der Waals surface area contributed by atoms with Crippen LogP contribution in [0.1, 0.15) is 38.8 Å². The molecule has 0 bridgehead atoms. The van der Waals surface area contributed by atoms with Crippen molar-refractivity contribution in [3.63, 3.8) is 0 Å². The van der Waals surface area contributed by atoms with E-state index in [0.29, 0.717) is 23.9 Å². The molecule has 1 aromatic rings. The Labute approximate surface area is 136 Å². The lowest BCUT2D eigenvalue weighted by atomic mass is 9.93. The molecule has 122 valence electrons. The maximum Gasteiger partial charge on any atom is 0.226 e. The molecule has 1 amide bonds. The normalized spacial score (nSPS) is 22.4. The van der Waals surface area contributed by atoms with E-state index in [4.69, 9.17) is 16.3 Å². The summed E-state index contributed by atoms with van der Waals surface area (Å²) in [5.41, 5.74) is 7.21. The number of nitrogens with one attached hydrogen (secondary N) is 3. The van der Waals surface area contributed by atoms with Gasteiger partial charge in [0.2, 0.25) is 5.91 Å². The minimum absolute atomic E-state index is 0.0573. The van der Waals surface area contributed by atoms with Crippen molar-refractivity contribution >= 4 is 17.5 Å². The molecule has 0 saturated carbocycles. The first-order valence-electron chi connectivity index (χ1n) is 7.77. The van der Waals surface area contributed by atoms with Gasteiger partial charge >= 0.3 is 0 Å². The van der Waals surface area contributed by atoms with Crippen molar-refractivity contribution < 1.29 is 9.53 Å². The van der Waals surface area contributed by atoms with Crippen LogP contribution in [0.5, 0.6) is 5.75 Å². The van der Waals surface area contributed by atoms with Crippen molar-refractivity contribution in [3.8, 4) is 5.75 Å². The standard InChI is InChI=1S/C16H24ClN3O2/c1-4-10(3)19-16(21)12-9-18-20-15(12)11-6-7-14(22-5-2)13(17)8-11/h6-8,10,12,15,18,20H,4-5,9H2,1-3H3,(H,19,21). The third-order valence-corrected chi connectivity index (χ3v) is 4.23. The topological polar surface area (TPSA) is 62.4 Å². The molecular weight excluding hydrogens is 302 g/mol. The van der Waals surface area contributed by atoms with E-state index in [2.05, 4.69) is 23.1 Å². The van der Waals surface area contributed by atoms with Gasteiger partial charge in [-0.3, -0.25) is 10.2 Å². The molecule has 0 aliphatic carbocycles. The Morgan fingerprint density at radius 2 is 2.27 bits per heavy atom. The van der Waals surface area contributed by atoms with Crippen molar-refractivity contribution in [1.82, 2.24) is 16.2 Å². The second-order valence-electron chi connectivity index (χ2n) is 5.55. The molecule has 0 radical (unpaired) electrons. The van der Waals surface area contributed by atoms with Crippen molar-refractivity contribution in [3.05, 3.63) is 28.8 Å². The Balaban J connectivity index is 2.13. The summed E-state index contributed by atoms with van der Waals surface area (Å²) < 4.78 is 5.45. The Kier molecular flexibility index (Phi) is 6.06. The van der Waals surface area contributed by atoms with Crippen LogP contribution in [0.4, 0.5) is 0 Å². The fourth-order valence-corrected chi connectivity index (χ4v) is 2.74. The van der Waals surface area contributed by atoms with Gasteiger partial charge in [0.05, 0.1) is 23.6 Å². The highest BCUT2D eigenvalue weighted by Crippen LogP contribution is 2.32. The Bertz CT molecular complexity index is 524. The number of ether oxygens (including phenoxy) is 1. The first-order valence-corrected chi connectivity index (χ1v) is 8.15. The van der Waals surface area contributed by atoms with E-state index in [0.717, 1.165) is 12.0 Å². The van der Waals surface area contributed by atoms with Crippen molar-refractivity contribution in [2.75, 3.05) is 13.2 Å². The maximum atomic E-state index is 12.4. The number of hydrogen-bond acceptors (Lipinski definition) is 4. The van der Waals surface area contributed by atoms with Crippen molar-refractivity contribution in [1.29, 1.82) is 0 Å². The molecule has 2 rings (SSSR count). The van der Waals surface area contributed by atoms with Crippen molar-refractivity contribution in [2.45, 2.75) is 39.3 Å². The van der Waals surface area contributed by atoms with Gasteiger partial charge in [0.25, 0.3) is 0 Å². The van der Waals surface area contributed by atoms with Crippen LogP contribution in [0.3, 0.4) is 0 Å². The number of carbonyl (C=O) groups excluding carboxylic acids is 1. The Hall–Kier alpha value is -1.30. The van der Waals surface area contributed by atoms with Gasteiger partial charge in [0, 0.05) is 12.6 Å². The molecule has 5 nitrogen and oxygen atoms in total. The van der Waals surface area contributed by atoms with E-state index in [-0.39, 0.29) is 23.9 Å². The SMILES string of the molecule is CCOc1ccc(C2NNCC2C(=O)NC(C)CC)cc1Cl. The summed E-state index contributed by atoms with van der Waals surface area (Å²) in [5, 5.41) is 3.60. The highest BCUT2D eigenvalue weighted by Gasteiger charge is 2.34. The minimum Gasteiger partial charge on any atom is -0.492 e. The monoisotopic (exact) mass is 325 g/mol. The number of hydrazine groups is 1. The quantitative estimate of drug-likeness (QED) is 0.751. The van der Waals surface area contributed by atoms with Crippen LogP contribution < -0.4 is 20.9 Å². The smallest absolute Gasteiger partial charge is 0.226 e. The Morgan fingerprint density at radius 3 is 2.91 bits per heavy atom. The zero-order valence-electron chi connectivity index (χ0n) is 13.3. The van der Waals surface area contributed by atoms with Gasteiger partial charge in [-0.25, -0.2) is 5.43 Å². The summed E-state index contributed by atoms with van der Waals surface area (Å²) in [5.74, 6) is 0.560. The third-order valence-electron chi connectivity index (χ3n) is 3.93. The van der Waals surface area contributed by atoms with Gasteiger partial charge in [-0.15, -0.1) is 0 Å². The van der Waals surface area contributed by atoms with Crippen LogP contribution in [0.25, 0.3) is 0 Å². The summed E-state index contributed by atoms with van der Waals surface area (Å²) in [6.07, 6.45) is 0.916. The minimum atomic E-state index is -0.164. The Morgan fingerprint density at radius 1 is 1.50 bits per heavy atom. The second kappa shape index (κ2) is 7.81. The first kappa shape index (κ1) is 17.1. The number of rotatable bonds is 6. The van der Waals surface area contributed by atoms with E-state index in [1.54, 1.807) is 0 Å². The number of hydrogen-bond donors (Lipinski definition) is 3. The van der Waals surface area contributed by atoms with Gasteiger partial charge < -0.3 is 10.1 Å². The highest BCUT2D eigenvalue weighted by molar-refractivity contribution is 6.32. The molecule has 1 saturated heterocycles. The number of benzene rings is 1. The molecule has 0 aromatic heterocycles. The predicted octanol–water partition coefficient (Wildman–Crippen LogP) is 2.42. The van der Waals surface area contributed by atoms with E-state index in [1.165, 1.54) is 0 Å². The molecule has 1 aromatic carbocycles. The molecule has 1 fully saturated rings. The largest absolute Gasteiger partial charge is 0.492 e. The van der Waals surface area contributed by atoms with Crippen LogP contribution in [-0.4, -0.2) is 25.1 Å². The number of carbonyl (C=O) groups is 1. The summed E-state index contributed by atoms with van der Waals surface area (Å²) in [6, 6.07) is 5.74. The highest BCUT2D eigenvalue weighted by atomic mass is 35.5. The van der Waals surface area contributed by atoms with E-state index in [9.17, 15) is 4.79 Å². The summed E-state index contributed by atoms with van der Waals surface area (Å²) in [6.45, 7) is 7.15. The van der Waals surface area contributed by atoms with Crippen LogP contribution in [-0.2, 0) is 4.79 Å². The van der Waals surface area contributed by atoms with Gasteiger partial charge in [0.1, 0.15) is 5.75 Å². The fourth-order valence-electron chi connectivity index (χ4n) is 2.49. The predicted molar refractivity (Wildman–Crippen MR) is 87.9 cm³/mol. The van der Waals surface area contributed by atoms with Gasteiger partial charge in [-0.05, 0) is 38.0 Å². The molecule has 3 unspecified atom stereocenters. The van der Waals surface area contributed by atoms with Crippen molar-refractivity contribution in [2.24, 2.45) is 5.92 Å². The van der Waals surface area contributed by atoms with E-state index < -0.39 is 0 Å². The molecular formula is C16H24ClN3O2. The third kappa shape index (κ3) is 3.91. The lowest BCUT2D eigenvalue weighted by molar-refractivity contribution is -0.125. The van der Waals surface area contributed by atoms with Crippen LogP contribution in [0.2, 0.25) is 5.02 Å². The molecule has 3 N–H and O–H groups in total. The maximum absolute atomic E-state index is 12.4. The molecule has 0 spiro atoms. The molecule has 1 heterocycles. The zero-order chi connectivity index (χ0) is 16.1. The summed E-state index contributed by atoms with van der Waals surface area (Å²) in [7, 11) is 0. The number of amides is 1.